The van der Waals surface area contributed by atoms with E-state index in [1.54, 1.807) is 0 Å². The van der Waals surface area contributed by atoms with Gasteiger partial charge in [-0.2, -0.15) is 0 Å². The van der Waals surface area contributed by atoms with E-state index in [-0.39, 0.29) is 0 Å². The lowest BCUT2D eigenvalue weighted by Crippen LogP contribution is -2.35. The highest BCUT2D eigenvalue weighted by atomic mass is 16.7. The second-order valence-corrected chi connectivity index (χ2v) is 7.74. The molecule has 0 aliphatic heterocycles. The minimum absolute atomic E-state index is 0.563. The van der Waals surface area contributed by atoms with E-state index in [0.717, 1.165) is 12.4 Å². The van der Waals surface area contributed by atoms with E-state index in [1.807, 2.05) is 17.0 Å². The van der Waals surface area contributed by atoms with Crippen LogP contribution in [0, 0.1) is 0 Å². The number of hydrogen-bond donors (Lipinski definition) is 0. The Morgan fingerprint density at radius 3 is 2.07 bits per heavy atom. The average Bonchev–Trinajstić information content (AvgIpc) is 3.18. The van der Waals surface area contributed by atoms with Crippen molar-refractivity contribution in [2.45, 2.75) is 71.4 Å². The van der Waals surface area contributed by atoms with Crippen LogP contribution in [-0.2, 0) is 13.2 Å². The van der Waals surface area contributed by atoms with E-state index in [9.17, 15) is 0 Å². The quantitative estimate of drug-likeness (QED) is 0.250. The summed E-state index contributed by atoms with van der Waals surface area (Å²) in [7, 11) is 0. The van der Waals surface area contributed by atoms with Crippen LogP contribution in [0.15, 0.2) is 73.1 Å². The first-order valence-corrected chi connectivity index (χ1v) is 11.2. The van der Waals surface area contributed by atoms with Crippen LogP contribution in [0.3, 0.4) is 0 Å². The van der Waals surface area contributed by atoms with Crippen LogP contribution in [0.5, 0.6) is 0 Å². The first-order chi connectivity index (χ1) is 14.4. The van der Waals surface area contributed by atoms with E-state index in [0.29, 0.717) is 6.61 Å². The molecule has 3 rings (SSSR count). The Bertz CT molecular complexity index is 811. The molecule has 29 heavy (non-hydrogen) atoms. The highest BCUT2D eigenvalue weighted by molar-refractivity contribution is 5.51. The van der Waals surface area contributed by atoms with Crippen molar-refractivity contribution < 1.29 is 9.40 Å². The maximum atomic E-state index is 6.14. The minimum Gasteiger partial charge on any atom is -0.331 e. The maximum Gasteiger partial charge on any atom is 0.328 e. The summed E-state index contributed by atoms with van der Waals surface area (Å²) >= 11 is 0. The SMILES string of the molecule is CCCCCCCCCC[n+]1ccn(OCc2ccccc2)c1-c1ccccc1. The smallest absolute Gasteiger partial charge is 0.328 e. The molecule has 0 saturated carbocycles. The Hall–Kier alpha value is -2.55. The zero-order valence-corrected chi connectivity index (χ0v) is 17.8. The van der Waals surface area contributed by atoms with Gasteiger partial charge >= 0.3 is 5.82 Å². The normalized spacial score (nSPS) is 10.9. The summed E-state index contributed by atoms with van der Waals surface area (Å²) in [5.41, 5.74) is 2.36. The Kier molecular flexibility index (Phi) is 8.84. The molecule has 0 aliphatic rings. The average molecular weight is 392 g/mol. The predicted octanol–water partition coefficient (Wildman–Crippen LogP) is 6.21. The maximum absolute atomic E-state index is 6.14. The predicted molar refractivity (Wildman–Crippen MR) is 119 cm³/mol. The lowest BCUT2D eigenvalue weighted by Gasteiger charge is -2.06. The van der Waals surface area contributed by atoms with Gasteiger partial charge in [-0.3, -0.25) is 0 Å². The van der Waals surface area contributed by atoms with Crippen LogP contribution in [0.1, 0.15) is 63.9 Å². The van der Waals surface area contributed by atoms with Gasteiger partial charge in [0.1, 0.15) is 6.20 Å². The zero-order chi connectivity index (χ0) is 20.2. The molecule has 0 unspecified atom stereocenters. The summed E-state index contributed by atoms with van der Waals surface area (Å²) in [6.07, 6.45) is 14.9. The second-order valence-electron chi connectivity index (χ2n) is 7.74. The van der Waals surface area contributed by atoms with E-state index in [2.05, 4.69) is 72.3 Å². The molecule has 1 heterocycles. The molecule has 0 aliphatic carbocycles. The molecular formula is C26H35N2O+. The van der Waals surface area contributed by atoms with Crippen molar-refractivity contribution >= 4 is 0 Å². The standard InChI is InChI=1S/C26H35N2O/c1-2-3-4-5-6-7-8-15-20-27-21-22-28(26(27)25-18-13-10-14-19-25)29-23-24-16-11-9-12-17-24/h9-14,16-19,21-22H,2-8,15,20,23H2,1H3/q+1. The van der Waals surface area contributed by atoms with Gasteiger partial charge in [0.25, 0.3) is 0 Å². The third kappa shape index (κ3) is 6.77. The third-order valence-corrected chi connectivity index (χ3v) is 5.36. The summed E-state index contributed by atoms with van der Waals surface area (Å²) in [5.74, 6) is 1.12. The fraction of sp³-hybridized carbons (Fsp3) is 0.423. The Morgan fingerprint density at radius 2 is 1.38 bits per heavy atom. The minimum atomic E-state index is 0.563. The molecule has 0 atom stereocenters. The number of aryl methyl sites for hydroxylation is 1. The van der Waals surface area contributed by atoms with Gasteiger partial charge in [0.05, 0.1) is 12.1 Å². The first-order valence-electron chi connectivity index (χ1n) is 11.2. The number of nitrogens with zero attached hydrogens (tertiary/aromatic N) is 2. The lowest BCUT2D eigenvalue weighted by atomic mass is 10.1. The molecule has 0 fully saturated rings. The topological polar surface area (TPSA) is 18.0 Å². The van der Waals surface area contributed by atoms with Crippen molar-refractivity contribution in [3.63, 3.8) is 0 Å². The molecule has 3 aromatic rings. The molecular weight excluding hydrogens is 356 g/mol. The number of unbranched alkanes of at least 4 members (excludes halogenated alkanes) is 7. The van der Waals surface area contributed by atoms with Crippen molar-refractivity contribution in [2.75, 3.05) is 0 Å². The van der Waals surface area contributed by atoms with Crippen molar-refractivity contribution in [2.24, 2.45) is 0 Å². The van der Waals surface area contributed by atoms with Gasteiger partial charge in [-0.1, -0.05) is 94.0 Å². The lowest BCUT2D eigenvalue weighted by molar-refractivity contribution is -0.686. The molecule has 0 N–H and O–H groups in total. The van der Waals surface area contributed by atoms with Gasteiger partial charge in [0.15, 0.2) is 12.8 Å². The molecule has 3 nitrogen and oxygen atoms in total. The van der Waals surface area contributed by atoms with Crippen molar-refractivity contribution in [1.29, 1.82) is 0 Å². The van der Waals surface area contributed by atoms with E-state index >= 15 is 0 Å². The molecule has 3 heteroatoms. The zero-order valence-electron chi connectivity index (χ0n) is 17.8. The van der Waals surface area contributed by atoms with Crippen LogP contribution >= 0.6 is 0 Å². The molecule has 0 radical (unpaired) electrons. The van der Waals surface area contributed by atoms with Crippen LogP contribution in [0.2, 0.25) is 0 Å². The van der Waals surface area contributed by atoms with Gasteiger partial charge < -0.3 is 4.84 Å². The largest absolute Gasteiger partial charge is 0.331 e. The van der Waals surface area contributed by atoms with Gasteiger partial charge in [-0.25, -0.2) is 4.57 Å². The fourth-order valence-electron chi connectivity index (χ4n) is 3.71. The van der Waals surface area contributed by atoms with E-state index in [4.69, 9.17) is 4.84 Å². The summed E-state index contributed by atoms with van der Waals surface area (Å²) in [6.45, 7) is 3.87. The second kappa shape index (κ2) is 12.1. The van der Waals surface area contributed by atoms with Crippen LogP contribution < -0.4 is 9.40 Å². The fourth-order valence-corrected chi connectivity index (χ4v) is 3.71. The van der Waals surface area contributed by atoms with E-state index < -0.39 is 0 Å². The van der Waals surface area contributed by atoms with E-state index in [1.165, 1.54) is 62.5 Å². The van der Waals surface area contributed by atoms with Crippen LogP contribution in [0.25, 0.3) is 11.4 Å². The summed E-state index contributed by atoms with van der Waals surface area (Å²) in [4.78, 5) is 6.14. The summed E-state index contributed by atoms with van der Waals surface area (Å²) in [5, 5.41) is 0. The van der Waals surface area contributed by atoms with Crippen LogP contribution in [-0.4, -0.2) is 4.73 Å². The van der Waals surface area contributed by atoms with Crippen molar-refractivity contribution in [3.8, 4) is 11.4 Å². The van der Waals surface area contributed by atoms with Gasteiger partial charge in [0, 0.05) is 0 Å². The molecule has 1 aromatic heterocycles. The Morgan fingerprint density at radius 1 is 0.759 bits per heavy atom. The molecule has 154 valence electrons. The molecule has 0 spiro atoms. The number of imidazole rings is 1. The number of benzene rings is 2. The monoisotopic (exact) mass is 391 g/mol. The highest BCUT2D eigenvalue weighted by Gasteiger charge is 2.20. The molecule has 0 bridgehead atoms. The highest BCUT2D eigenvalue weighted by Crippen LogP contribution is 2.16. The summed E-state index contributed by atoms with van der Waals surface area (Å²) < 4.78 is 4.25. The first kappa shape index (κ1) is 21.2. The van der Waals surface area contributed by atoms with Gasteiger partial charge in [-0.15, -0.1) is 0 Å². The molecule has 0 amide bonds. The molecule has 0 saturated heterocycles. The van der Waals surface area contributed by atoms with Crippen molar-refractivity contribution in [1.82, 2.24) is 4.73 Å². The number of rotatable bonds is 13. The van der Waals surface area contributed by atoms with Gasteiger partial charge in [-0.05, 0) is 35.3 Å². The third-order valence-electron chi connectivity index (χ3n) is 5.36. The Balaban J connectivity index is 1.59. The van der Waals surface area contributed by atoms with Gasteiger partial charge in [0.2, 0.25) is 0 Å². The van der Waals surface area contributed by atoms with Crippen molar-refractivity contribution in [3.05, 3.63) is 78.6 Å². The Labute approximate surface area is 175 Å². The number of hydrogen-bond acceptors (Lipinski definition) is 1. The number of aromatic nitrogens is 2. The summed E-state index contributed by atoms with van der Waals surface area (Å²) in [6, 6.07) is 20.9. The van der Waals surface area contributed by atoms with Crippen LogP contribution in [0.4, 0.5) is 0 Å². The molecule has 2 aromatic carbocycles.